The van der Waals surface area contributed by atoms with E-state index in [9.17, 15) is 4.79 Å². The van der Waals surface area contributed by atoms with Gasteiger partial charge >= 0.3 is 0 Å². The van der Waals surface area contributed by atoms with E-state index in [1.165, 1.54) is 0 Å². The summed E-state index contributed by atoms with van der Waals surface area (Å²) in [7, 11) is 0. The van der Waals surface area contributed by atoms with Crippen molar-refractivity contribution >= 4 is 12.2 Å². The summed E-state index contributed by atoms with van der Waals surface area (Å²) < 4.78 is 6.95. The minimum atomic E-state index is -0.102. The number of pyridine rings is 1. The van der Waals surface area contributed by atoms with Gasteiger partial charge in [0.2, 0.25) is 0 Å². The molecule has 0 aromatic carbocycles. The van der Waals surface area contributed by atoms with Crippen molar-refractivity contribution in [3.63, 3.8) is 0 Å². The van der Waals surface area contributed by atoms with Crippen molar-refractivity contribution in [1.82, 2.24) is 14.8 Å². The number of aryl methyl sites for hydroxylation is 1. The molecule has 0 aliphatic heterocycles. The van der Waals surface area contributed by atoms with E-state index in [4.69, 9.17) is 16.6 Å². The van der Waals surface area contributed by atoms with E-state index in [0.29, 0.717) is 5.56 Å². The number of hydrogen-bond donors (Lipinski definition) is 1. The molecular formula is C12H15N3O2S. The normalized spacial score (nSPS) is 12.6. The summed E-state index contributed by atoms with van der Waals surface area (Å²) >= 11 is 4.82. The summed E-state index contributed by atoms with van der Waals surface area (Å²) in [6.45, 7) is 5.97. The molecule has 1 atom stereocenters. The zero-order chi connectivity index (χ0) is 13.3. The van der Waals surface area contributed by atoms with E-state index in [0.717, 1.165) is 12.1 Å². The summed E-state index contributed by atoms with van der Waals surface area (Å²) in [5, 5.41) is 6.42. The second-order valence-electron chi connectivity index (χ2n) is 4.24. The Hall–Kier alpha value is -1.69. The largest absolute Gasteiger partial charge is 0.409 e. The quantitative estimate of drug-likeness (QED) is 0.867. The third kappa shape index (κ3) is 2.15. The average molecular weight is 265 g/mol. The fourth-order valence-electron chi connectivity index (χ4n) is 1.88. The van der Waals surface area contributed by atoms with Crippen LogP contribution in [0.25, 0.3) is 11.5 Å². The van der Waals surface area contributed by atoms with Crippen LogP contribution in [0.4, 0.5) is 0 Å². The molecule has 0 aliphatic carbocycles. The van der Waals surface area contributed by atoms with Gasteiger partial charge in [-0.2, -0.15) is 0 Å². The van der Waals surface area contributed by atoms with Gasteiger partial charge in [-0.1, -0.05) is 6.92 Å². The molecule has 96 valence electrons. The summed E-state index contributed by atoms with van der Waals surface area (Å²) in [6.07, 6.45) is 0.883. The molecule has 0 fully saturated rings. The molecule has 0 bridgehead atoms. The maximum absolute atomic E-state index is 12.4. The van der Waals surface area contributed by atoms with Crippen LogP contribution in [-0.2, 0) is 0 Å². The molecule has 2 aromatic heterocycles. The molecule has 0 aliphatic rings. The van der Waals surface area contributed by atoms with E-state index in [-0.39, 0.29) is 22.3 Å². The van der Waals surface area contributed by atoms with Crippen LogP contribution in [0, 0.1) is 11.8 Å². The van der Waals surface area contributed by atoms with Crippen LogP contribution in [0.1, 0.15) is 32.0 Å². The molecule has 1 N–H and O–H groups in total. The second-order valence-corrected chi connectivity index (χ2v) is 4.61. The van der Waals surface area contributed by atoms with Crippen molar-refractivity contribution in [2.75, 3.05) is 0 Å². The lowest BCUT2D eigenvalue weighted by molar-refractivity contribution is 0.499. The van der Waals surface area contributed by atoms with Gasteiger partial charge in [0, 0.05) is 11.7 Å². The number of hydrogen-bond acceptors (Lipinski definition) is 4. The highest BCUT2D eigenvalue weighted by molar-refractivity contribution is 7.71. The first-order valence-corrected chi connectivity index (χ1v) is 6.23. The average Bonchev–Trinajstić information content (AvgIpc) is 2.75. The Morgan fingerprint density at radius 3 is 2.83 bits per heavy atom. The Morgan fingerprint density at radius 2 is 2.28 bits per heavy atom. The van der Waals surface area contributed by atoms with Gasteiger partial charge in [-0.25, -0.2) is 5.10 Å². The van der Waals surface area contributed by atoms with Gasteiger partial charge in [-0.15, -0.1) is 5.10 Å². The van der Waals surface area contributed by atoms with Gasteiger partial charge in [0.1, 0.15) is 5.56 Å². The summed E-state index contributed by atoms with van der Waals surface area (Å²) in [4.78, 5) is 12.6. The highest BCUT2D eigenvalue weighted by Crippen LogP contribution is 2.16. The predicted molar refractivity (Wildman–Crippen MR) is 71.1 cm³/mol. The Labute approximate surface area is 109 Å². The number of rotatable bonds is 3. The van der Waals surface area contributed by atoms with Crippen LogP contribution in [0.15, 0.2) is 21.3 Å². The van der Waals surface area contributed by atoms with Crippen LogP contribution in [0.5, 0.6) is 0 Å². The Bertz CT molecular complexity index is 668. The first-order valence-electron chi connectivity index (χ1n) is 5.82. The molecule has 6 heteroatoms. The van der Waals surface area contributed by atoms with E-state index in [1.807, 2.05) is 26.8 Å². The number of nitrogens with zero attached hydrogens (tertiary/aromatic N) is 2. The minimum absolute atomic E-state index is 0.102. The summed E-state index contributed by atoms with van der Waals surface area (Å²) in [5.41, 5.74) is 1.25. The topological polar surface area (TPSA) is 63.8 Å². The van der Waals surface area contributed by atoms with E-state index in [2.05, 4.69) is 10.2 Å². The predicted octanol–water partition coefficient (Wildman–Crippen LogP) is 2.84. The first kappa shape index (κ1) is 12.8. The van der Waals surface area contributed by atoms with Crippen molar-refractivity contribution in [1.29, 1.82) is 0 Å². The lowest BCUT2D eigenvalue weighted by Gasteiger charge is -2.16. The summed E-state index contributed by atoms with van der Waals surface area (Å²) in [6, 6.07) is 3.74. The van der Waals surface area contributed by atoms with Crippen LogP contribution >= 0.6 is 12.2 Å². The zero-order valence-electron chi connectivity index (χ0n) is 10.6. The van der Waals surface area contributed by atoms with Gasteiger partial charge < -0.3 is 8.98 Å². The molecule has 18 heavy (non-hydrogen) atoms. The number of H-pyrrole nitrogens is 1. The number of aromatic amines is 1. The fourth-order valence-corrected chi connectivity index (χ4v) is 2.01. The van der Waals surface area contributed by atoms with Gasteiger partial charge in [-0.05, 0) is 44.6 Å². The highest BCUT2D eigenvalue weighted by Gasteiger charge is 2.15. The van der Waals surface area contributed by atoms with Crippen molar-refractivity contribution in [2.24, 2.45) is 0 Å². The molecule has 5 nitrogen and oxygen atoms in total. The number of nitrogens with one attached hydrogen (secondary N) is 1. The smallest absolute Gasteiger partial charge is 0.284 e. The molecule has 0 amide bonds. The third-order valence-electron chi connectivity index (χ3n) is 3.02. The fraction of sp³-hybridized carbons (Fsp3) is 0.417. The maximum Gasteiger partial charge on any atom is 0.284 e. The Balaban J connectivity index is 2.65. The number of aromatic nitrogens is 3. The molecule has 0 radical (unpaired) electrons. The van der Waals surface area contributed by atoms with E-state index >= 15 is 0 Å². The van der Waals surface area contributed by atoms with Crippen molar-refractivity contribution in [3.8, 4) is 11.5 Å². The molecule has 1 unspecified atom stereocenters. The Morgan fingerprint density at radius 1 is 1.56 bits per heavy atom. The van der Waals surface area contributed by atoms with Crippen molar-refractivity contribution in [3.05, 3.63) is 33.0 Å². The van der Waals surface area contributed by atoms with Crippen LogP contribution < -0.4 is 5.56 Å². The molecule has 0 saturated carbocycles. The molecular weight excluding hydrogens is 250 g/mol. The van der Waals surface area contributed by atoms with Gasteiger partial charge in [-0.3, -0.25) is 4.79 Å². The van der Waals surface area contributed by atoms with Gasteiger partial charge in [0.15, 0.2) is 0 Å². The standard InChI is InChI=1S/C12H15N3O2S/c1-4-7(2)15-8(3)5-6-9(11(15)16)10-13-14-12(18)17-10/h5-7H,4H2,1-3H3,(H,14,18). The SMILES string of the molecule is CCC(C)n1c(C)ccc(-c2n[nH]c(=S)o2)c1=O. The van der Waals surface area contributed by atoms with Gasteiger partial charge in [0.05, 0.1) is 0 Å². The monoisotopic (exact) mass is 265 g/mol. The van der Waals surface area contributed by atoms with Crippen molar-refractivity contribution in [2.45, 2.75) is 33.2 Å². The van der Waals surface area contributed by atoms with Crippen LogP contribution in [0.3, 0.4) is 0 Å². The second kappa shape index (κ2) is 4.89. The van der Waals surface area contributed by atoms with Gasteiger partial charge in [0.25, 0.3) is 16.3 Å². The molecule has 2 rings (SSSR count). The van der Waals surface area contributed by atoms with Crippen LogP contribution in [0.2, 0.25) is 0 Å². The lowest BCUT2D eigenvalue weighted by Crippen LogP contribution is -2.26. The molecule has 2 aromatic rings. The Kier molecular flexibility index (Phi) is 3.47. The third-order valence-corrected chi connectivity index (χ3v) is 3.20. The highest BCUT2D eigenvalue weighted by atomic mass is 32.1. The molecule has 2 heterocycles. The van der Waals surface area contributed by atoms with E-state index < -0.39 is 0 Å². The minimum Gasteiger partial charge on any atom is -0.409 e. The lowest BCUT2D eigenvalue weighted by atomic mass is 10.2. The summed E-state index contributed by atoms with van der Waals surface area (Å²) in [5.74, 6) is 0.238. The first-order chi connectivity index (χ1) is 8.54. The zero-order valence-corrected chi connectivity index (χ0v) is 11.4. The molecule has 0 saturated heterocycles. The van der Waals surface area contributed by atoms with Crippen LogP contribution in [-0.4, -0.2) is 14.8 Å². The van der Waals surface area contributed by atoms with E-state index in [1.54, 1.807) is 10.6 Å². The molecule has 0 spiro atoms. The maximum atomic E-state index is 12.4. The van der Waals surface area contributed by atoms with Crippen molar-refractivity contribution < 1.29 is 4.42 Å².